The molecule has 0 aliphatic rings. The zero-order valence-electron chi connectivity index (χ0n) is 20.5. The van der Waals surface area contributed by atoms with Crippen LogP contribution < -0.4 is 15.5 Å². The van der Waals surface area contributed by atoms with Crippen molar-refractivity contribution < 1.29 is 83.0 Å². The quantitative estimate of drug-likeness (QED) is 0.117. The maximum atomic E-state index is 12.7. The summed E-state index contributed by atoms with van der Waals surface area (Å²) in [5.41, 5.74) is -0.532. The molecule has 0 saturated heterocycles. The van der Waals surface area contributed by atoms with Gasteiger partial charge in [-0.15, -0.1) is 0 Å². The molecule has 0 aromatic heterocycles. The van der Waals surface area contributed by atoms with E-state index < -0.39 is 55.6 Å². The molecule has 0 spiro atoms. The van der Waals surface area contributed by atoms with E-state index in [1.807, 2.05) is 27.7 Å². The smallest absolute Gasteiger partial charge is 0.317 e. The molecule has 35 heavy (non-hydrogen) atoms. The molecule has 205 valence electrons. The molecule has 0 unspecified atom stereocenters. The van der Waals surface area contributed by atoms with Crippen LogP contribution in [0.5, 0.6) is 0 Å². The van der Waals surface area contributed by atoms with Crippen molar-refractivity contribution in [3.8, 4) is 0 Å². The molecule has 0 aromatic carbocycles. The minimum Gasteiger partial charge on any atom is -0.549 e. The van der Waals surface area contributed by atoms with E-state index in [1.54, 1.807) is 4.90 Å². The fourth-order valence-corrected chi connectivity index (χ4v) is 3.56. The molecule has 0 heterocycles. The number of amides is 1. The third-order valence-electron chi connectivity index (χ3n) is 4.53. The average molecular weight is 646 g/mol. The second kappa shape index (κ2) is 17.9. The van der Waals surface area contributed by atoms with Gasteiger partial charge in [0.1, 0.15) is 0 Å². The average Bonchev–Trinajstić information content (AvgIpc) is 2.59. The fraction of sp³-hybridized carbons (Fsp3) is 0.714. The normalized spacial score (nSPS) is 11.5. The largest absolute Gasteiger partial charge is 0.549 e. The Hall–Kier alpha value is -1.48. The van der Waals surface area contributed by atoms with Gasteiger partial charge in [-0.05, 0) is 13.8 Å². The van der Waals surface area contributed by atoms with Crippen molar-refractivity contribution >= 4 is 29.8 Å². The molecule has 1 radical (unpaired) electrons. The first kappa shape index (κ1) is 35.7. The second-order valence-corrected chi connectivity index (χ2v) is 9.04. The molecule has 1 amide bonds. The Bertz CT molecular complexity index is 647. The number of carbonyl (C=O) groups excluding carboxylic acids is 3. The van der Waals surface area contributed by atoms with E-state index in [0.717, 1.165) is 10.8 Å². The minimum absolute atomic E-state index is 0. The number of aliphatic carboxylic acids is 4. The van der Waals surface area contributed by atoms with E-state index in [2.05, 4.69) is 5.32 Å². The van der Waals surface area contributed by atoms with Crippen LogP contribution in [0.2, 0.25) is 0 Å². The van der Waals surface area contributed by atoms with Crippen molar-refractivity contribution in [3.63, 3.8) is 0 Å². The van der Waals surface area contributed by atoms with Gasteiger partial charge in [0.2, 0.25) is 5.91 Å². The van der Waals surface area contributed by atoms with Crippen LogP contribution in [-0.2, 0) is 24.0 Å². The number of nitrogens with zero attached hydrogens (tertiary/aromatic N) is 3. The van der Waals surface area contributed by atoms with E-state index >= 15 is 0 Å². The first-order chi connectivity index (χ1) is 15.6. The van der Waals surface area contributed by atoms with Gasteiger partial charge < -0.3 is 41.2 Å². The summed E-state index contributed by atoms with van der Waals surface area (Å²) in [4.78, 5) is 60.4. The number of carbonyl (C=O) groups is 5. The summed E-state index contributed by atoms with van der Waals surface area (Å²) in [5.74, 6) is -4.62. The number of rotatable bonds is 19. The SMILES string of the molecule is C[C-](C)CC(C)(C)NC(=O)CN(CCN(CC(=O)[O-])CC(=O)[O-])CCN(CC(=O)O)CC(=O)O.[Tb]. The summed E-state index contributed by atoms with van der Waals surface area (Å²) in [6, 6.07) is 0. The Kier molecular flexibility index (Phi) is 18.2. The number of nitrogens with one attached hydrogen (secondary N) is 1. The molecular weight excluding hydrogens is 611 g/mol. The molecule has 0 rings (SSSR count). The zero-order chi connectivity index (χ0) is 26.5. The van der Waals surface area contributed by atoms with Gasteiger partial charge in [-0.1, -0.05) is 0 Å². The second-order valence-electron chi connectivity index (χ2n) is 9.04. The standard InChI is InChI=1S/C21H37N4O9.Tb/c1-15(2)9-21(3,4)22-16(26)10-23(5-7-24(11-17(27)28)12-18(29)30)6-8-25(13-19(31)32)14-20(33)34;/h5-14H2,1-4H3,(H,22,26)(H,27,28)(H,29,30)(H,31,32)(H,33,34);/q-1;/p-2. The molecule has 0 bridgehead atoms. The van der Waals surface area contributed by atoms with Gasteiger partial charge in [0.25, 0.3) is 0 Å². The van der Waals surface area contributed by atoms with Crippen LogP contribution >= 0.6 is 0 Å². The summed E-state index contributed by atoms with van der Waals surface area (Å²) in [5, 5.41) is 42.7. The molecule has 0 atom stereocenters. The first-order valence-corrected chi connectivity index (χ1v) is 10.7. The number of carboxylic acid groups (broad SMARTS) is 4. The van der Waals surface area contributed by atoms with Crippen LogP contribution in [0.25, 0.3) is 0 Å². The van der Waals surface area contributed by atoms with E-state index in [0.29, 0.717) is 6.42 Å². The molecule has 0 fully saturated rings. The van der Waals surface area contributed by atoms with E-state index in [9.17, 15) is 34.2 Å². The Morgan fingerprint density at radius 2 is 1.11 bits per heavy atom. The van der Waals surface area contributed by atoms with Crippen molar-refractivity contribution in [3.05, 3.63) is 5.92 Å². The van der Waals surface area contributed by atoms with E-state index in [-0.39, 0.29) is 77.2 Å². The maximum Gasteiger partial charge on any atom is 0.317 e. The third kappa shape index (κ3) is 20.4. The number of hydrogen-bond acceptors (Lipinski definition) is 10. The van der Waals surface area contributed by atoms with Gasteiger partial charge in [-0.3, -0.25) is 29.1 Å². The van der Waals surface area contributed by atoms with E-state index in [1.165, 1.54) is 4.90 Å². The van der Waals surface area contributed by atoms with Gasteiger partial charge in [0, 0.05) is 83.4 Å². The fourth-order valence-electron chi connectivity index (χ4n) is 3.56. The van der Waals surface area contributed by atoms with Gasteiger partial charge in [0.15, 0.2) is 0 Å². The Labute approximate surface area is 236 Å². The monoisotopic (exact) mass is 646 g/mol. The molecule has 0 aromatic rings. The summed E-state index contributed by atoms with van der Waals surface area (Å²) in [7, 11) is 0. The minimum atomic E-state index is -1.48. The summed E-state index contributed by atoms with van der Waals surface area (Å²) in [6.45, 7) is 5.15. The van der Waals surface area contributed by atoms with Gasteiger partial charge in [-0.25, -0.2) is 0 Å². The Balaban J connectivity index is 0. The molecule has 0 aliphatic heterocycles. The van der Waals surface area contributed by atoms with Crippen LogP contribution in [0.4, 0.5) is 0 Å². The summed E-state index contributed by atoms with van der Waals surface area (Å²) in [6.07, 6.45) is 0.634. The van der Waals surface area contributed by atoms with Crippen LogP contribution in [0, 0.1) is 44.5 Å². The van der Waals surface area contributed by atoms with Gasteiger partial charge >= 0.3 is 11.9 Å². The summed E-state index contributed by atoms with van der Waals surface area (Å²) >= 11 is 0. The zero-order valence-corrected chi connectivity index (χ0v) is 22.6. The predicted octanol–water partition coefficient (Wildman–Crippen LogP) is -3.54. The van der Waals surface area contributed by atoms with Crippen molar-refractivity contribution in [1.82, 2.24) is 20.0 Å². The third-order valence-corrected chi connectivity index (χ3v) is 4.53. The van der Waals surface area contributed by atoms with Crippen LogP contribution in [0.1, 0.15) is 34.1 Å². The van der Waals surface area contributed by atoms with Crippen molar-refractivity contribution in [2.24, 2.45) is 0 Å². The number of hydrogen-bond donors (Lipinski definition) is 3. The first-order valence-electron chi connectivity index (χ1n) is 10.7. The van der Waals surface area contributed by atoms with E-state index in [4.69, 9.17) is 10.2 Å². The molecule has 0 aliphatic carbocycles. The topological polar surface area (TPSA) is 194 Å². The van der Waals surface area contributed by atoms with Crippen molar-refractivity contribution in [1.29, 1.82) is 0 Å². The Morgan fingerprint density at radius 3 is 1.46 bits per heavy atom. The summed E-state index contributed by atoms with van der Waals surface area (Å²) < 4.78 is 0. The molecule has 0 saturated carbocycles. The van der Waals surface area contributed by atoms with Crippen molar-refractivity contribution in [2.75, 3.05) is 58.9 Å². The molecule has 3 N–H and O–H groups in total. The van der Waals surface area contributed by atoms with Crippen molar-refractivity contribution in [2.45, 2.75) is 39.7 Å². The molecule has 13 nitrogen and oxygen atoms in total. The van der Waals surface area contributed by atoms with Crippen LogP contribution in [0.3, 0.4) is 0 Å². The maximum absolute atomic E-state index is 12.7. The van der Waals surface area contributed by atoms with Gasteiger partial charge in [0.05, 0.1) is 31.6 Å². The number of carboxylic acids is 4. The predicted molar refractivity (Wildman–Crippen MR) is 116 cm³/mol. The Morgan fingerprint density at radius 1 is 0.743 bits per heavy atom. The van der Waals surface area contributed by atoms with Crippen LogP contribution in [-0.4, -0.2) is 119 Å². The molecular formula is C21H35N4O9Tb-3. The van der Waals surface area contributed by atoms with Gasteiger partial charge in [-0.2, -0.15) is 20.3 Å². The molecule has 14 heteroatoms. The van der Waals surface area contributed by atoms with Crippen LogP contribution in [0.15, 0.2) is 0 Å².